The number of rotatable bonds is 8. The minimum atomic E-state index is -2.56. The fourth-order valence-electron chi connectivity index (χ4n) is 4.59. The van der Waals surface area contributed by atoms with Crippen molar-refractivity contribution in [2.24, 2.45) is 5.41 Å². The predicted octanol–water partition coefficient (Wildman–Crippen LogP) is 6.64. The summed E-state index contributed by atoms with van der Waals surface area (Å²) in [7, 11) is 0. The van der Waals surface area contributed by atoms with E-state index in [0.717, 1.165) is 0 Å². The first kappa shape index (κ1) is 27.3. The van der Waals surface area contributed by atoms with Crippen molar-refractivity contribution in [1.29, 1.82) is 10.5 Å². The van der Waals surface area contributed by atoms with Gasteiger partial charge in [0.05, 0.1) is 34.6 Å². The SMILES string of the molecule is CC(C)(C)CNc1c(C#N)cnc2c(C#N)cc(NC(c3cn(C4(C(F)F)CC4)nn3)c3ccccc3Cl)cc12. The van der Waals surface area contributed by atoms with Crippen molar-refractivity contribution in [2.75, 3.05) is 17.2 Å². The number of hydrogen-bond donors (Lipinski definition) is 2. The van der Waals surface area contributed by atoms with Crippen LogP contribution >= 0.6 is 11.6 Å². The van der Waals surface area contributed by atoms with Crippen molar-refractivity contribution in [3.63, 3.8) is 0 Å². The summed E-state index contributed by atoms with van der Waals surface area (Å²) >= 11 is 6.57. The number of aromatic nitrogens is 4. The lowest BCUT2D eigenvalue weighted by Gasteiger charge is -2.22. The summed E-state index contributed by atoms with van der Waals surface area (Å²) < 4.78 is 28.8. The largest absolute Gasteiger partial charge is 0.383 e. The van der Waals surface area contributed by atoms with Crippen LogP contribution < -0.4 is 10.6 Å². The van der Waals surface area contributed by atoms with Crippen molar-refractivity contribution in [3.05, 3.63) is 76.2 Å². The summed E-state index contributed by atoms with van der Waals surface area (Å²) in [6.07, 6.45) is 1.08. The summed E-state index contributed by atoms with van der Waals surface area (Å²) in [5.41, 5.74) is 1.88. The van der Waals surface area contributed by atoms with Crippen LogP contribution in [0.2, 0.25) is 5.02 Å². The van der Waals surface area contributed by atoms with E-state index in [9.17, 15) is 19.3 Å². The molecule has 1 fully saturated rings. The Morgan fingerprint density at radius 3 is 2.48 bits per heavy atom. The van der Waals surface area contributed by atoms with E-state index in [2.05, 4.69) is 58.8 Å². The van der Waals surface area contributed by atoms with Gasteiger partial charge in [0.25, 0.3) is 6.43 Å². The molecule has 1 atom stereocenters. The Bertz CT molecular complexity index is 1660. The summed E-state index contributed by atoms with van der Waals surface area (Å²) in [6, 6.07) is 14.3. The number of nitrogens with one attached hydrogen (secondary N) is 2. The molecule has 0 spiro atoms. The number of hydrogen-bond acceptors (Lipinski definition) is 7. The summed E-state index contributed by atoms with van der Waals surface area (Å²) in [5.74, 6) is 0. The fourth-order valence-corrected chi connectivity index (χ4v) is 4.83. The van der Waals surface area contributed by atoms with E-state index in [0.29, 0.717) is 69.1 Å². The zero-order chi connectivity index (χ0) is 28.7. The summed E-state index contributed by atoms with van der Waals surface area (Å²) in [5, 5.41) is 35.9. The molecule has 2 aromatic heterocycles. The maximum atomic E-state index is 13.8. The van der Waals surface area contributed by atoms with Crippen LogP contribution in [0.5, 0.6) is 0 Å². The maximum Gasteiger partial charge on any atom is 0.263 e. The van der Waals surface area contributed by atoms with Gasteiger partial charge in [0.15, 0.2) is 0 Å². The van der Waals surface area contributed by atoms with E-state index in [1.54, 1.807) is 18.2 Å². The molecule has 4 aromatic rings. The predicted molar refractivity (Wildman–Crippen MR) is 149 cm³/mol. The van der Waals surface area contributed by atoms with Gasteiger partial charge in [0.1, 0.15) is 23.4 Å². The molecule has 0 saturated heterocycles. The maximum absolute atomic E-state index is 13.8. The first-order valence-electron chi connectivity index (χ1n) is 12.8. The molecule has 2 aromatic carbocycles. The average molecular weight is 561 g/mol. The monoisotopic (exact) mass is 560 g/mol. The van der Waals surface area contributed by atoms with Crippen molar-refractivity contribution in [3.8, 4) is 12.1 Å². The average Bonchev–Trinajstić information content (AvgIpc) is 3.60. The quantitative estimate of drug-likeness (QED) is 0.248. The molecule has 1 aliphatic carbocycles. The standard InChI is InChI=1S/C29H27ClF2N8/c1-28(2,3)16-36-25-18(13-34)14-35-24-17(12-33)10-19(11-21(24)25)37-26(20-6-4-5-7-22(20)30)23-15-40(39-38-23)29(8-9-29)27(31)32/h4-7,10-11,14-15,26-27,37H,8-9,16H2,1-3H3,(H,35,36). The molecular formula is C29H27ClF2N8. The molecule has 0 amide bonds. The number of alkyl halides is 2. The van der Waals surface area contributed by atoms with E-state index in [1.165, 1.54) is 17.1 Å². The molecular weight excluding hydrogens is 534 g/mol. The van der Waals surface area contributed by atoms with Crippen LogP contribution in [0.15, 0.2) is 48.8 Å². The molecule has 0 aliphatic heterocycles. The molecule has 1 unspecified atom stereocenters. The third-order valence-corrected chi connectivity index (χ3v) is 7.31. The minimum absolute atomic E-state index is 0.0750. The second-order valence-electron chi connectivity index (χ2n) is 11.2. The van der Waals surface area contributed by atoms with E-state index in [-0.39, 0.29) is 5.41 Å². The van der Waals surface area contributed by atoms with Gasteiger partial charge in [0, 0.05) is 28.8 Å². The third kappa shape index (κ3) is 5.15. The van der Waals surface area contributed by atoms with E-state index >= 15 is 0 Å². The Hall–Kier alpha value is -4.28. The van der Waals surface area contributed by atoms with Crippen LogP contribution in [0.4, 0.5) is 20.2 Å². The van der Waals surface area contributed by atoms with Crippen LogP contribution in [0.1, 0.15) is 62.0 Å². The Balaban J connectivity index is 1.62. The van der Waals surface area contributed by atoms with Crippen molar-refractivity contribution < 1.29 is 8.78 Å². The van der Waals surface area contributed by atoms with Gasteiger partial charge in [0.2, 0.25) is 0 Å². The van der Waals surface area contributed by atoms with E-state index in [1.807, 2.05) is 18.2 Å². The molecule has 40 heavy (non-hydrogen) atoms. The fraction of sp³-hybridized carbons (Fsp3) is 0.345. The first-order chi connectivity index (χ1) is 19.1. The third-order valence-electron chi connectivity index (χ3n) is 6.97. The van der Waals surface area contributed by atoms with E-state index < -0.39 is 18.0 Å². The lowest BCUT2D eigenvalue weighted by molar-refractivity contribution is 0.0593. The van der Waals surface area contributed by atoms with Gasteiger partial charge < -0.3 is 10.6 Å². The topological polar surface area (TPSA) is 115 Å². The zero-order valence-corrected chi connectivity index (χ0v) is 23.0. The van der Waals surface area contributed by atoms with Crippen LogP contribution in [0, 0.1) is 28.1 Å². The molecule has 2 N–H and O–H groups in total. The van der Waals surface area contributed by atoms with Crippen LogP contribution in [0.3, 0.4) is 0 Å². The number of anilines is 2. The second kappa shape index (κ2) is 10.4. The normalized spacial score (nSPS) is 14.9. The Morgan fingerprint density at radius 1 is 1.12 bits per heavy atom. The smallest absolute Gasteiger partial charge is 0.263 e. The molecule has 5 rings (SSSR count). The molecule has 8 nitrogen and oxygen atoms in total. The molecule has 204 valence electrons. The van der Waals surface area contributed by atoms with Crippen molar-refractivity contribution in [1.82, 2.24) is 20.0 Å². The van der Waals surface area contributed by atoms with Gasteiger partial charge in [-0.05, 0) is 42.0 Å². The van der Waals surface area contributed by atoms with Gasteiger partial charge in [-0.1, -0.05) is 55.8 Å². The molecule has 11 heteroatoms. The molecule has 0 bridgehead atoms. The Morgan fingerprint density at radius 2 is 1.85 bits per heavy atom. The van der Waals surface area contributed by atoms with Crippen molar-refractivity contribution in [2.45, 2.75) is 51.6 Å². The highest BCUT2D eigenvalue weighted by Gasteiger charge is 2.54. The van der Waals surface area contributed by atoms with Crippen molar-refractivity contribution >= 4 is 33.9 Å². The van der Waals surface area contributed by atoms with Crippen LogP contribution in [-0.4, -0.2) is 32.9 Å². The van der Waals surface area contributed by atoms with Crippen LogP contribution in [-0.2, 0) is 5.54 Å². The number of fused-ring (bicyclic) bond motifs is 1. The highest BCUT2D eigenvalue weighted by molar-refractivity contribution is 6.31. The first-order valence-corrected chi connectivity index (χ1v) is 13.2. The number of nitriles is 2. The highest BCUT2D eigenvalue weighted by atomic mass is 35.5. The molecule has 0 radical (unpaired) electrons. The number of pyridine rings is 1. The minimum Gasteiger partial charge on any atom is -0.383 e. The van der Waals surface area contributed by atoms with Gasteiger partial charge >= 0.3 is 0 Å². The summed E-state index contributed by atoms with van der Waals surface area (Å²) in [4.78, 5) is 4.40. The number of halogens is 3. The van der Waals surface area contributed by atoms with Gasteiger partial charge in [-0.25, -0.2) is 13.5 Å². The van der Waals surface area contributed by atoms with Gasteiger partial charge in [-0.2, -0.15) is 10.5 Å². The van der Waals surface area contributed by atoms with Gasteiger partial charge in [-0.15, -0.1) is 5.10 Å². The summed E-state index contributed by atoms with van der Waals surface area (Å²) in [6.45, 7) is 6.80. The zero-order valence-electron chi connectivity index (χ0n) is 22.2. The number of nitrogens with zero attached hydrogens (tertiary/aromatic N) is 6. The molecule has 2 heterocycles. The Labute approximate surface area is 235 Å². The second-order valence-corrected chi connectivity index (χ2v) is 11.6. The highest BCUT2D eigenvalue weighted by Crippen LogP contribution is 2.48. The molecule has 1 aliphatic rings. The molecule has 1 saturated carbocycles. The lowest BCUT2D eigenvalue weighted by Crippen LogP contribution is -2.26. The lowest BCUT2D eigenvalue weighted by atomic mass is 9.96. The van der Waals surface area contributed by atoms with Crippen LogP contribution in [0.25, 0.3) is 10.9 Å². The Kier molecular flexibility index (Phi) is 7.07. The number of benzene rings is 2. The van der Waals surface area contributed by atoms with Gasteiger partial charge in [-0.3, -0.25) is 4.98 Å². The van der Waals surface area contributed by atoms with E-state index in [4.69, 9.17) is 11.6 Å².